The van der Waals surface area contributed by atoms with Gasteiger partial charge in [-0.05, 0) is 73.4 Å². The average molecular weight is 421 g/mol. The molecule has 4 rings (SSSR count). The van der Waals surface area contributed by atoms with E-state index in [0.29, 0.717) is 23.3 Å². The number of nitrogens with zero attached hydrogens (tertiary/aromatic N) is 1. The number of hydrogen-bond donors (Lipinski definition) is 2. The number of benzene rings is 2. The van der Waals surface area contributed by atoms with E-state index in [4.69, 9.17) is 16.7 Å². The molecule has 0 unspecified atom stereocenters. The van der Waals surface area contributed by atoms with Gasteiger partial charge in [-0.2, -0.15) is 0 Å². The predicted octanol–water partition coefficient (Wildman–Crippen LogP) is 6.89. The van der Waals surface area contributed by atoms with E-state index in [1.54, 1.807) is 0 Å². The van der Waals surface area contributed by atoms with Gasteiger partial charge in [0.05, 0.1) is 17.6 Å². The van der Waals surface area contributed by atoms with Crippen molar-refractivity contribution >= 4 is 28.9 Å². The molecule has 30 heavy (non-hydrogen) atoms. The fourth-order valence-electron chi connectivity index (χ4n) is 4.24. The monoisotopic (exact) mass is 420 g/mol. The number of carbonyl (C=O) groups is 1. The van der Waals surface area contributed by atoms with E-state index < -0.39 is 5.97 Å². The molecule has 0 radical (unpaired) electrons. The maximum atomic E-state index is 10.9. The Balaban J connectivity index is 1.37. The summed E-state index contributed by atoms with van der Waals surface area (Å²) in [5.74, 6) is 0.187. The number of carboxylic acids is 1. The highest BCUT2D eigenvalue weighted by atomic mass is 35.5. The molecule has 2 N–H and O–H groups in total. The molecule has 1 fully saturated rings. The minimum absolute atomic E-state index is 0.305. The molecule has 1 aromatic heterocycles. The normalized spacial score (nSPS) is 18.7. The van der Waals surface area contributed by atoms with E-state index in [9.17, 15) is 4.79 Å². The molecule has 2 aromatic carbocycles. The fraction of sp³-hybridized carbons (Fsp3) is 0.280. The van der Waals surface area contributed by atoms with Gasteiger partial charge in [0.2, 0.25) is 0 Å². The van der Waals surface area contributed by atoms with Crippen LogP contribution >= 0.6 is 11.6 Å². The zero-order valence-electron chi connectivity index (χ0n) is 16.7. The third kappa shape index (κ3) is 5.19. The molecule has 0 saturated heterocycles. The van der Waals surface area contributed by atoms with Gasteiger partial charge >= 0.3 is 5.97 Å². The van der Waals surface area contributed by atoms with E-state index in [1.807, 2.05) is 42.6 Å². The van der Waals surface area contributed by atoms with Gasteiger partial charge < -0.3 is 10.4 Å². The molecule has 5 heteroatoms. The van der Waals surface area contributed by atoms with Gasteiger partial charge in [-0.25, -0.2) is 0 Å². The maximum Gasteiger partial charge on any atom is 0.303 e. The molecule has 0 amide bonds. The highest BCUT2D eigenvalue weighted by molar-refractivity contribution is 6.30. The molecule has 3 aromatic rings. The minimum Gasteiger partial charge on any atom is -0.481 e. The van der Waals surface area contributed by atoms with Crippen molar-refractivity contribution in [2.24, 2.45) is 5.92 Å². The number of anilines is 2. The molecule has 1 aliphatic carbocycles. The van der Waals surface area contributed by atoms with E-state index in [0.717, 1.165) is 48.3 Å². The van der Waals surface area contributed by atoms with Crippen LogP contribution in [0.1, 0.15) is 43.6 Å². The van der Waals surface area contributed by atoms with Crippen molar-refractivity contribution in [3.8, 4) is 11.3 Å². The Morgan fingerprint density at radius 2 is 1.77 bits per heavy atom. The van der Waals surface area contributed by atoms with Gasteiger partial charge in [-0.15, -0.1) is 0 Å². The SMILES string of the molecule is O=C(O)CC1CCC(c2ccc(-c3ccc(Nc4cccc(Cl)c4)cn3)cc2)CC1. The van der Waals surface area contributed by atoms with Crippen LogP contribution in [-0.2, 0) is 4.79 Å². The molecule has 154 valence electrons. The largest absolute Gasteiger partial charge is 0.481 e. The van der Waals surface area contributed by atoms with Crippen LogP contribution in [-0.4, -0.2) is 16.1 Å². The van der Waals surface area contributed by atoms with Crippen molar-refractivity contribution < 1.29 is 9.90 Å². The molecule has 0 aliphatic heterocycles. The van der Waals surface area contributed by atoms with E-state index in [-0.39, 0.29) is 0 Å². The Hall–Kier alpha value is -2.85. The minimum atomic E-state index is -0.677. The summed E-state index contributed by atoms with van der Waals surface area (Å²) in [6, 6.07) is 20.3. The maximum absolute atomic E-state index is 10.9. The smallest absolute Gasteiger partial charge is 0.303 e. The van der Waals surface area contributed by atoms with Crippen molar-refractivity contribution in [1.82, 2.24) is 4.98 Å². The Bertz CT molecular complexity index is 994. The highest BCUT2D eigenvalue weighted by Crippen LogP contribution is 2.37. The fourth-order valence-corrected chi connectivity index (χ4v) is 4.43. The number of carboxylic acid groups (broad SMARTS) is 1. The Labute approximate surface area is 181 Å². The van der Waals surface area contributed by atoms with E-state index >= 15 is 0 Å². The van der Waals surface area contributed by atoms with Gasteiger partial charge in [0.15, 0.2) is 0 Å². The number of hydrogen-bond acceptors (Lipinski definition) is 3. The molecular weight excluding hydrogens is 396 g/mol. The number of rotatable bonds is 6. The van der Waals surface area contributed by atoms with Crippen LogP contribution in [0, 0.1) is 5.92 Å². The molecule has 0 atom stereocenters. The van der Waals surface area contributed by atoms with Crippen molar-refractivity contribution in [3.05, 3.63) is 77.4 Å². The van der Waals surface area contributed by atoms with Crippen molar-refractivity contribution in [2.45, 2.75) is 38.0 Å². The van der Waals surface area contributed by atoms with Crippen molar-refractivity contribution in [1.29, 1.82) is 0 Å². The van der Waals surface area contributed by atoms with Gasteiger partial charge in [0, 0.05) is 22.7 Å². The molecule has 1 heterocycles. The first kappa shape index (κ1) is 20.4. The number of pyridine rings is 1. The first-order chi connectivity index (χ1) is 14.6. The molecule has 0 spiro atoms. The number of aromatic nitrogens is 1. The molecule has 0 bridgehead atoms. The third-order valence-corrected chi connectivity index (χ3v) is 6.10. The van der Waals surface area contributed by atoms with E-state index in [2.05, 4.69) is 34.6 Å². The zero-order chi connectivity index (χ0) is 20.9. The summed E-state index contributed by atoms with van der Waals surface area (Å²) in [6.45, 7) is 0. The van der Waals surface area contributed by atoms with Crippen LogP contribution in [0.25, 0.3) is 11.3 Å². The summed E-state index contributed by atoms with van der Waals surface area (Å²) in [4.78, 5) is 15.5. The standard InChI is InChI=1S/C25H25ClN2O2/c26-21-2-1-3-22(15-21)28-23-12-13-24(27-16-23)20-10-8-19(9-11-20)18-6-4-17(5-7-18)14-25(29)30/h1-3,8-13,15-18,28H,4-7,14H2,(H,29,30). The summed E-state index contributed by atoms with van der Waals surface area (Å²) in [5, 5.41) is 13.0. The molecular formula is C25H25ClN2O2. The lowest BCUT2D eigenvalue weighted by Gasteiger charge is -2.28. The van der Waals surface area contributed by atoms with Crippen LogP contribution in [0.15, 0.2) is 66.9 Å². The van der Waals surface area contributed by atoms with Gasteiger partial charge in [-0.1, -0.05) is 41.9 Å². The van der Waals surface area contributed by atoms with Crippen molar-refractivity contribution in [3.63, 3.8) is 0 Å². The van der Waals surface area contributed by atoms with Gasteiger partial charge in [0.25, 0.3) is 0 Å². The summed E-state index contributed by atoms with van der Waals surface area (Å²) in [6.07, 6.45) is 6.27. The predicted molar refractivity (Wildman–Crippen MR) is 121 cm³/mol. The summed E-state index contributed by atoms with van der Waals surface area (Å²) >= 11 is 6.03. The topological polar surface area (TPSA) is 62.2 Å². The van der Waals surface area contributed by atoms with Crippen LogP contribution < -0.4 is 5.32 Å². The van der Waals surface area contributed by atoms with Crippen LogP contribution in [0.3, 0.4) is 0 Å². The van der Waals surface area contributed by atoms with E-state index in [1.165, 1.54) is 5.56 Å². The van der Waals surface area contributed by atoms with Crippen LogP contribution in [0.4, 0.5) is 11.4 Å². The first-order valence-corrected chi connectivity index (χ1v) is 10.8. The van der Waals surface area contributed by atoms with Crippen LogP contribution in [0.2, 0.25) is 5.02 Å². The Kier molecular flexibility index (Phi) is 6.34. The second-order valence-electron chi connectivity index (χ2n) is 8.00. The number of halogens is 1. The summed E-state index contributed by atoms with van der Waals surface area (Å²) in [7, 11) is 0. The lowest BCUT2D eigenvalue weighted by atomic mass is 9.77. The quantitative estimate of drug-likeness (QED) is 0.455. The van der Waals surface area contributed by atoms with Crippen molar-refractivity contribution in [2.75, 3.05) is 5.32 Å². The molecule has 1 aliphatic rings. The summed E-state index contributed by atoms with van der Waals surface area (Å²) in [5.41, 5.74) is 5.21. The summed E-state index contributed by atoms with van der Waals surface area (Å²) < 4.78 is 0. The molecule has 1 saturated carbocycles. The zero-order valence-corrected chi connectivity index (χ0v) is 17.5. The lowest BCUT2D eigenvalue weighted by Crippen LogP contribution is -2.16. The second kappa shape index (κ2) is 9.31. The number of nitrogens with one attached hydrogen (secondary N) is 1. The molecule has 4 nitrogen and oxygen atoms in total. The highest BCUT2D eigenvalue weighted by Gasteiger charge is 2.23. The average Bonchev–Trinajstić information content (AvgIpc) is 2.75. The third-order valence-electron chi connectivity index (χ3n) is 5.86. The van der Waals surface area contributed by atoms with Gasteiger partial charge in [-0.3, -0.25) is 9.78 Å². The lowest BCUT2D eigenvalue weighted by molar-refractivity contribution is -0.138. The Morgan fingerprint density at radius 3 is 2.40 bits per heavy atom. The number of aliphatic carboxylic acids is 1. The first-order valence-electron chi connectivity index (χ1n) is 10.4. The van der Waals surface area contributed by atoms with Crippen LogP contribution in [0.5, 0.6) is 0 Å². The second-order valence-corrected chi connectivity index (χ2v) is 8.44. The van der Waals surface area contributed by atoms with Gasteiger partial charge in [0.1, 0.15) is 0 Å². The Morgan fingerprint density at radius 1 is 1.00 bits per heavy atom.